The Morgan fingerprint density at radius 3 is 2.60 bits per heavy atom. The lowest BCUT2D eigenvalue weighted by molar-refractivity contribution is 0.102. The molecule has 20 heavy (non-hydrogen) atoms. The summed E-state index contributed by atoms with van der Waals surface area (Å²) < 4.78 is 0. The number of hydrogen-bond donors (Lipinski definition) is 3. The molecule has 0 aliphatic carbocycles. The molecule has 1 aromatic heterocycles. The van der Waals surface area contributed by atoms with E-state index >= 15 is 0 Å². The fraction of sp³-hybridized carbons (Fsp3) is 0.333. The van der Waals surface area contributed by atoms with Crippen molar-refractivity contribution >= 4 is 17.3 Å². The van der Waals surface area contributed by atoms with E-state index in [2.05, 4.69) is 22.4 Å². The second kappa shape index (κ2) is 6.23. The topological polar surface area (TPSA) is 83.8 Å². The number of aryl methyl sites for hydroxylation is 2. The molecule has 0 spiro atoms. The van der Waals surface area contributed by atoms with E-state index in [1.165, 1.54) is 18.4 Å². The first-order valence-electron chi connectivity index (χ1n) is 6.82. The van der Waals surface area contributed by atoms with Crippen LogP contribution < -0.4 is 11.1 Å². The fourth-order valence-electron chi connectivity index (χ4n) is 1.94. The summed E-state index contributed by atoms with van der Waals surface area (Å²) in [6, 6.07) is 7.87. The second-order valence-electron chi connectivity index (χ2n) is 4.87. The van der Waals surface area contributed by atoms with Gasteiger partial charge in [0, 0.05) is 5.69 Å². The molecule has 0 aliphatic heterocycles. The Hall–Kier alpha value is -2.30. The summed E-state index contributed by atoms with van der Waals surface area (Å²) >= 11 is 0. The molecule has 1 amide bonds. The number of nitrogens with two attached hydrogens (primary N) is 1. The predicted octanol–water partition coefficient (Wildman–Crippen LogP) is 2.90. The van der Waals surface area contributed by atoms with Gasteiger partial charge in [0.1, 0.15) is 0 Å². The zero-order valence-electron chi connectivity index (χ0n) is 11.9. The van der Waals surface area contributed by atoms with Crippen LogP contribution >= 0.6 is 0 Å². The normalized spacial score (nSPS) is 10.5. The first-order valence-corrected chi connectivity index (χ1v) is 6.82. The lowest BCUT2D eigenvalue weighted by Gasteiger charge is -2.05. The Bertz CT molecular complexity index is 586. The molecule has 0 atom stereocenters. The standard InChI is InChI=1S/C15H20N4O/c1-3-4-5-11-6-8-12(9-7-11)17-15(20)14-13(16)10(2)18-19-14/h6-9H,3-5,16H2,1-2H3,(H,17,20)(H,18,19). The quantitative estimate of drug-likeness (QED) is 0.782. The van der Waals surface area contributed by atoms with Crippen LogP contribution in [0.4, 0.5) is 11.4 Å². The van der Waals surface area contributed by atoms with Crippen molar-refractivity contribution in [3.8, 4) is 0 Å². The second-order valence-corrected chi connectivity index (χ2v) is 4.87. The number of amides is 1. The lowest BCUT2D eigenvalue weighted by atomic mass is 10.1. The minimum absolute atomic E-state index is 0.234. The van der Waals surface area contributed by atoms with E-state index in [1.807, 2.05) is 24.3 Å². The van der Waals surface area contributed by atoms with Crippen LogP contribution in [0.25, 0.3) is 0 Å². The number of hydrogen-bond acceptors (Lipinski definition) is 3. The molecule has 106 valence electrons. The summed E-state index contributed by atoms with van der Waals surface area (Å²) in [4.78, 5) is 12.0. The zero-order valence-corrected chi connectivity index (χ0v) is 11.9. The molecule has 1 aromatic carbocycles. The number of nitrogen functional groups attached to an aromatic ring is 1. The summed E-state index contributed by atoms with van der Waals surface area (Å²) in [7, 11) is 0. The van der Waals surface area contributed by atoms with Crippen LogP contribution in [0.15, 0.2) is 24.3 Å². The van der Waals surface area contributed by atoms with Gasteiger partial charge in [-0.2, -0.15) is 5.10 Å². The molecule has 0 bridgehead atoms. The van der Waals surface area contributed by atoms with Crippen molar-refractivity contribution in [3.63, 3.8) is 0 Å². The van der Waals surface area contributed by atoms with E-state index in [4.69, 9.17) is 5.73 Å². The number of aromatic nitrogens is 2. The van der Waals surface area contributed by atoms with Crippen molar-refractivity contribution in [2.75, 3.05) is 11.1 Å². The highest BCUT2D eigenvalue weighted by molar-refractivity contribution is 6.06. The number of aromatic amines is 1. The number of H-pyrrole nitrogens is 1. The van der Waals surface area contributed by atoms with Gasteiger partial charge in [0.15, 0.2) is 5.69 Å². The average Bonchev–Trinajstić information content (AvgIpc) is 2.78. The Morgan fingerprint density at radius 2 is 2.05 bits per heavy atom. The summed E-state index contributed by atoms with van der Waals surface area (Å²) in [6.45, 7) is 3.95. The van der Waals surface area contributed by atoms with E-state index in [-0.39, 0.29) is 11.6 Å². The van der Waals surface area contributed by atoms with Crippen LogP contribution in [-0.4, -0.2) is 16.1 Å². The van der Waals surface area contributed by atoms with Crippen LogP contribution in [0.5, 0.6) is 0 Å². The molecule has 2 rings (SSSR count). The minimum Gasteiger partial charge on any atom is -0.395 e. The maximum absolute atomic E-state index is 12.0. The van der Waals surface area contributed by atoms with Gasteiger partial charge in [-0.1, -0.05) is 25.5 Å². The SMILES string of the molecule is CCCCc1ccc(NC(=O)c2n[nH]c(C)c2N)cc1. The monoisotopic (exact) mass is 272 g/mol. The summed E-state index contributed by atoms with van der Waals surface area (Å²) in [6.07, 6.45) is 3.42. The number of anilines is 2. The number of carbonyl (C=O) groups excluding carboxylic acids is 1. The zero-order chi connectivity index (χ0) is 14.5. The number of benzene rings is 1. The number of nitrogens with one attached hydrogen (secondary N) is 2. The maximum atomic E-state index is 12.0. The van der Waals surface area contributed by atoms with Crippen LogP contribution in [0.2, 0.25) is 0 Å². The Kier molecular flexibility index (Phi) is 4.40. The van der Waals surface area contributed by atoms with Crippen LogP contribution in [-0.2, 0) is 6.42 Å². The third kappa shape index (κ3) is 3.17. The molecule has 5 nitrogen and oxygen atoms in total. The molecule has 1 heterocycles. The van der Waals surface area contributed by atoms with Gasteiger partial charge in [0.05, 0.1) is 11.4 Å². The molecule has 0 fully saturated rings. The smallest absolute Gasteiger partial charge is 0.278 e. The molecule has 2 aromatic rings. The van der Waals surface area contributed by atoms with Gasteiger partial charge in [0.2, 0.25) is 0 Å². The maximum Gasteiger partial charge on any atom is 0.278 e. The van der Waals surface area contributed by atoms with Gasteiger partial charge >= 0.3 is 0 Å². The Morgan fingerprint density at radius 1 is 1.35 bits per heavy atom. The van der Waals surface area contributed by atoms with E-state index in [9.17, 15) is 4.79 Å². The van der Waals surface area contributed by atoms with Crippen molar-refractivity contribution in [3.05, 3.63) is 41.2 Å². The Balaban J connectivity index is 2.03. The van der Waals surface area contributed by atoms with Gasteiger partial charge in [-0.05, 0) is 37.5 Å². The van der Waals surface area contributed by atoms with Gasteiger partial charge < -0.3 is 11.1 Å². The third-order valence-corrected chi connectivity index (χ3v) is 3.24. The summed E-state index contributed by atoms with van der Waals surface area (Å²) in [5.41, 5.74) is 9.13. The fourth-order valence-corrected chi connectivity index (χ4v) is 1.94. The number of unbranched alkanes of at least 4 members (excludes halogenated alkanes) is 1. The molecule has 0 radical (unpaired) electrons. The molecule has 0 saturated carbocycles. The largest absolute Gasteiger partial charge is 0.395 e. The van der Waals surface area contributed by atoms with Crippen molar-refractivity contribution in [1.29, 1.82) is 0 Å². The van der Waals surface area contributed by atoms with Crippen molar-refractivity contribution < 1.29 is 4.79 Å². The predicted molar refractivity (Wildman–Crippen MR) is 80.7 cm³/mol. The van der Waals surface area contributed by atoms with Crippen molar-refractivity contribution in [2.45, 2.75) is 33.1 Å². The minimum atomic E-state index is -0.298. The molecular formula is C15H20N4O. The highest BCUT2D eigenvalue weighted by Crippen LogP contribution is 2.16. The van der Waals surface area contributed by atoms with Gasteiger partial charge in [-0.15, -0.1) is 0 Å². The third-order valence-electron chi connectivity index (χ3n) is 3.24. The highest BCUT2D eigenvalue weighted by Gasteiger charge is 2.15. The number of nitrogens with zero attached hydrogens (tertiary/aromatic N) is 1. The molecule has 0 unspecified atom stereocenters. The first-order chi connectivity index (χ1) is 9.61. The van der Waals surface area contributed by atoms with Crippen LogP contribution in [0, 0.1) is 6.92 Å². The highest BCUT2D eigenvalue weighted by atomic mass is 16.2. The van der Waals surface area contributed by atoms with Gasteiger partial charge in [-0.3, -0.25) is 9.89 Å². The van der Waals surface area contributed by atoms with Gasteiger partial charge in [-0.25, -0.2) is 0 Å². The Labute approximate surface area is 118 Å². The van der Waals surface area contributed by atoms with Gasteiger partial charge in [0.25, 0.3) is 5.91 Å². The lowest BCUT2D eigenvalue weighted by Crippen LogP contribution is -2.14. The van der Waals surface area contributed by atoms with Crippen LogP contribution in [0.3, 0.4) is 0 Å². The van der Waals surface area contributed by atoms with E-state index < -0.39 is 0 Å². The number of carbonyl (C=O) groups is 1. The molecule has 0 saturated heterocycles. The first kappa shape index (κ1) is 14.1. The average molecular weight is 272 g/mol. The summed E-state index contributed by atoms with van der Waals surface area (Å²) in [5.74, 6) is -0.298. The molecule has 0 aliphatic rings. The number of rotatable bonds is 5. The molecule has 5 heteroatoms. The molecule has 4 N–H and O–H groups in total. The van der Waals surface area contributed by atoms with Crippen molar-refractivity contribution in [1.82, 2.24) is 10.2 Å². The summed E-state index contributed by atoms with van der Waals surface area (Å²) in [5, 5.41) is 9.40. The van der Waals surface area contributed by atoms with E-state index in [0.717, 1.165) is 12.1 Å². The van der Waals surface area contributed by atoms with Crippen molar-refractivity contribution in [2.24, 2.45) is 0 Å². The van der Waals surface area contributed by atoms with Crippen LogP contribution in [0.1, 0.15) is 41.5 Å². The molecular weight excluding hydrogens is 252 g/mol. The van der Waals surface area contributed by atoms with E-state index in [1.54, 1.807) is 6.92 Å². The van der Waals surface area contributed by atoms with E-state index in [0.29, 0.717) is 11.4 Å².